The summed E-state index contributed by atoms with van der Waals surface area (Å²) in [6.07, 6.45) is 1.67. The second-order valence-corrected chi connectivity index (χ2v) is 5.61. The third kappa shape index (κ3) is 2.18. The third-order valence-electron chi connectivity index (χ3n) is 4.09. The topological polar surface area (TPSA) is 49.6 Å². The van der Waals surface area contributed by atoms with Crippen molar-refractivity contribution in [1.82, 2.24) is 9.80 Å². The van der Waals surface area contributed by atoms with Gasteiger partial charge in [-0.1, -0.05) is 19.1 Å². The molecule has 0 aromatic carbocycles. The van der Waals surface area contributed by atoms with E-state index in [2.05, 4.69) is 18.7 Å². The summed E-state index contributed by atoms with van der Waals surface area (Å²) < 4.78 is 0. The van der Waals surface area contributed by atoms with E-state index in [1.165, 1.54) is 0 Å². The maximum absolute atomic E-state index is 12.4. The molecular formula is C12H21N3OS. The predicted molar refractivity (Wildman–Crippen MR) is 71.7 cm³/mol. The van der Waals surface area contributed by atoms with Crippen LogP contribution in [0, 0.1) is 5.41 Å². The summed E-state index contributed by atoms with van der Waals surface area (Å²) in [7, 11) is 0. The molecule has 0 aromatic heterocycles. The molecule has 0 aromatic rings. The van der Waals surface area contributed by atoms with Gasteiger partial charge in [-0.15, -0.1) is 0 Å². The molecule has 2 aliphatic rings. The molecule has 96 valence electrons. The van der Waals surface area contributed by atoms with Gasteiger partial charge in [0.1, 0.15) is 0 Å². The average Bonchev–Trinajstić information content (AvgIpc) is 3.09. The van der Waals surface area contributed by atoms with Gasteiger partial charge in [-0.25, -0.2) is 0 Å². The van der Waals surface area contributed by atoms with Crippen molar-refractivity contribution in [3.63, 3.8) is 0 Å². The average molecular weight is 255 g/mol. The summed E-state index contributed by atoms with van der Waals surface area (Å²) in [5, 5.41) is 0. The molecule has 5 heteroatoms. The fraction of sp³-hybridized carbons (Fsp3) is 0.833. The van der Waals surface area contributed by atoms with Gasteiger partial charge in [0.05, 0.1) is 10.4 Å². The molecule has 1 heterocycles. The second kappa shape index (κ2) is 4.53. The Kier molecular flexibility index (Phi) is 3.41. The van der Waals surface area contributed by atoms with Crippen LogP contribution in [0.15, 0.2) is 0 Å². The highest BCUT2D eigenvalue weighted by atomic mass is 32.1. The lowest BCUT2D eigenvalue weighted by Gasteiger charge is -2.40. The summed E-state index contributed by atoms with van der Waals surface area (Å²) in [4.78, 5) is 17.1. The molecule has 17 heavy (non-hydrogen) atoms. The van der Waals surface area contributed by atoms with Gasteiger partial charge in [0.2, 0.25) is 5.91 Å². The number of piperazine rings is 1. The quantitative estimate of drug-likeness (QED) is 0.751. The molecule has 1 atom stereocenters. The molecule has 2 N–H and O–H groups in total. The number of nitrogens with zero attached hydrogens (tertiary/aromatic N) is 2. The van der Waals surface area contributed by atoms with Crippen molar-refractivity contribution in [2.45, 2.75) is 32.7 Å². The lowest BCUT2D eigenvalue weighted by atomic mass is 10.0. The zero-order chi connectivity index (χ0) is 12.6. The molecule has 2 rings (SSSR count). The molecule has 1 saturated heterocycles. The van der Waals surface area contributed by atoms with Crippen molar-refractivity contribution in [3.8, 4) is 0 Å². The Labute approximate surface area is 108 Å². The van der Waals surface area contributed by atoms with Crippen molar-refractivity contribution in [1.29, 1.82) is 0 Å². The van der Waals surface area contributed by atoms with E-state index >= 15 is 0 Å². The van der Waals surface area contributed by atoms with E-state index < -0.39 is 5.41 Å². The third-order valence-corrected chi connectivity index (χ3v) is 4.48. The molecule has 1 aliphatic heterocycles. The van der Waals surface area contributed by atoms with Crippen molar-refractivity contribution in [2.24, 2.45) is 11.1 Å². The van der Waals surface area contributed by atoms with Gasteiger partial charge in [-0.3, -0.25) is 9.69 Å². The Morgan fingerprint density at radius 1 is 1.47 bits per heavy atom. The summed E-state index contributed by atoms with van der Waals surface area (Å²) in [5.41, 5.74) is 5.22. The molecular weight excluding hydrogens is 234 g/mol. The van der Waals surface area contributed by atoms with E-state index in [1.54, 1.807) is 0 Å². The van der Waals surface area contributed by atoms with Gasteiger partial charge in [0, 0.05) is 25.7 Å². The van der Waals surface area contributed by atoms with Crippen LogP contribution in [0.3, 0.4) is 0 Å². The maximum Gasteiger partial charge on any atom is 0.235 e. The van der Waals surface area contributed by atoms with E-state index in [9.17, 15) is 4.79 Å². The largest absolute Gasteiger partial charge is 0.392 e. The fourth-order valence-electron chi connectivity index (χ4n) is 2.64. The summed E-state index contributed by atoms with van der Waals surface area (Å²) in [6, 6.07) is 0.430. The van der Waals surface area contributed by atoms with E-state index in [4.69, 9.17) is 18.0 Å². The molecule has 4 nitrogen and oxygen atoms in total. The fourth-order valence-corrected chi connectivity index (χ4v) is 2.93. The van der Waals surface area contributed by atoms with Crippen LogP contribution in [0.4, 0.5) is 0 Å². The van der Waals surface area contributed by atoms with Gasteiger partial charge in [-0.05, 0) is 26.3 Å². The van der Waals surface area contributed by atoms with Gasteiger partial charge < -0.3 is 10.6 Å². The highest BCUT2D eigenvalue weighted by Crippen LogP contribution is 2.47. The second-order valence-electron chi connectivity index (χ2n) is 5.18. The van der Waals surface area contributed by atoms with Gasteiger partial charge >= 0.3 is 0 Å². The monoisotopic (exact) mass is 255 g/mol. The molecule has 1 amide bonds. The molecule has 1 aliphatic carbocycles. The lowest BCUT2D eigenvalue weighted by molar-refractivity contribution is -0.137. The molecule has 1 saturated carbocycles. The van der Waals surface area contributed by atoms with Gasteiger partial charge in [0.25, 0.3) is 0 Å². The van der Waals surface area contributed by atoms with Crippen LogP contribution in [-0.4, -0.2) is 52.9 Å². The Hall–Kier alpha value is -0.680. The molecule has 0 radical (unpaired) electrons. The summed E-state index contributed by atoms with van der Waals surface area (Å²) in [6.45, 7) is 7.94. The number of amides is 1. The lowest BCUT2D eigenvalue weighted by Crippen LogP contribution is -2.56. The summed E-state index contributed by atoms with van der Waals surface area (Å²) >= 11 is 5.04. The smallest absolute Gasteiger partial charge is 0.235 e. The first-order valence-corrected chi connectivity index (χ1v) is 6.75. The Morgan fingerprint density at radius 3 is 2.53 bits per heavy atom. The number of hydrogen-bond acceptors (Lipinski definition) is 3. The predicted octanol–water partition coefficient (Wildman–Crippen LogP) is 0.605. The van der Waals surface area contributed by atoms with Crippen LogP contribution in [0.1, 0.15) is 26.7 Å². The van der Waals surface area contributed by atoms with E-state index in [0.29, 0.717) is 11.0 Å². The number of rotatable bonds is 3. The van der Waals surface area contributed by atoms with E-state index in [1.807, 2.05) is 4.90 Å². The molecule has 0 bridgehead atoms. The number of thiocarbonyl (C=S) groups is 1. The van der Waals surface area contributed by atoms with Crippen LogP contribution < -0.4 is 5.73 Å². The van der Waals surface area contributed by atoms with Gasteiger partial charge in [0.15, 0.2) is 0 Å². The van der Waals surface area contributed by atoms with E-state index in [-0.39, 0.29) is 5.91 Å². The van der Waals surface area contributed by atoms with Crippen molar-refractivity contribution in [3.05, 3.63) is 0 Å². The van der Waals surface area contributed by atoms with Gasteiger partial charge in [-0.2, -0.15) is 0 Å². The number of carbonyl (C=O) groups excluding carboxylic acids is 1. The molecule has 0 spiro atoms. The van der Waals surface area contributed by atoms with Crippen molar-refractivity contribution >= 4 is 23.1 Å². The van der Waals surface area contributed by atoms with Crippen molar-refractivity contribution < 1.29 is 4.79 Å². The van der Waals surface area contributed by atoms with E-state index in [0.717, 1.165) is 39.0 Å². The molecule has 2 fully saturated rings. The number of likely N-dealkylation sites (N-methyl/N-ethyl adjacent to an activating group) is 1. The minimum Gasteiger partial charge on any atom is -0.392 e. The highest BCUT2D eigenvalue weighted by Gasteiger charge is 2.54. The first-order chi connectivity index (χ1) is 8.01. The maximum atomic E-state index is 12.4. The Balaban J connectivity index is 2.01. The SMILES string of the molecule is CCN1CCN(C(=O)C2(C(N)=S)CC2)CC1C. The summed E-state index contributed by atoms with van der Waals surface area (Å²) in [5.74, 6) is 0.160. The van der Waals surface area contributed by atoms with Crippen LogP contribution in [0.5, 0.6) is 0 Å². The minimum atomic E-state index is -0.483. The first-order valence-electron chi connectivity index (χ1n) is 6.34. The zero-order valence-electron chi connectivity index (χ0n) is 10.6. The standard InChI is InChI=1S/C12H21N3OS/c1-3-14-6-7-15(8-9(14)2)11(16)12(4-5-12)10(13)17/h9H,3-8H2,1-2H3,(H2,13,17). The van der Waals surface area contributed by atoms with Crippen LogP contribution in [0.2, 0.25) is 0 Å². The highest BCUT2D eigenvalue weighted by molar-refractivity contribution is 7.80. The zero-order valence-corrected chi connectivity index (χ0v) is 11.4. The minimum absolute atomic E-state index is 0.160. The van der Waals surface area contributed by atoms with Crippen molar-refractivity contribution in [2.75, 3.05) is 26.2 Å². The first kappa shape index (κ1) is 12.8. The molecule has 1 unspecified atom stereocenters. The van der Waals surface area contributed by atoms with Crippen LogP contribution >= 0.6 is 12.2 Å². The number of carbonyl (C=O) groups is 1. The Bertz CT molecular complexity index is 341. The normalized spacial score (nSPS) is 27.9. The van der Waals surface area contributed by atoms with Crippen LogP contribution in [-0.2, 0) is 4.79 Å². The van der Waals surface area contributed by atoms with Crippen LogP contribution in [0.25, 0.3) is 0 Å². The Morgan fingerprint density at radius 2 is 2.12 bits per heavy atom. The number of nitrogens with two attached hydrogens (primary N) is 1. The number of hydrogen-bond donors (Lipinski definition) is 1.